The van der Waals surface area contributed by atoms with E-state index in [-0.39, 0.29) is 11.9 Å². The van der Waals surface area contributed by atoms with Crippen LogP contribution < -0.4 is 9.91 Å². The van der Waals surface area contributed by atoms with Crippen molar-refractivity contribution < 1.29 is 4.79 Å². The van der Waals surface area contributed by atoms with Crippen molar-refractivity contribution >= 4 is 34.6 Å². The first-order chi connectivity index (χ1) is 13.1. The van der Waals surface area contributed by atoms with Crippen molar-refractivity contribution in [3.63, 3.8) is 0 Å². The highest BCUT2D eigenvalue weighted by Gasteiger charge is 2.38. The Labute approximate surface area is 163 Å². The zero-order chi connectivity index (χ0) is 18.8. The van der Waals surface area contributed by atoms with Crippen molar-refractivity contribution in [2.45, 2.75) is 13.1 Å². The van der Waals surface area contributed by atoms with Crippen LogP contribution >= 0.6 is 11.6 Å². The second kappa shape index (κ2) is 7.25. The van der Waals surface area contributed by atoms with Crippen LogP contribution in [0.2, 0.25) is 5.02 Å². The first kappa shape index (κ1) is 17.3. The summed E-state index contributed by atoms with van der Waals surface area (Å²) in [4.78, 5) is 14.4. The van der Waals surface area contributed by atoms with Gasteiger partial charge in [0.25, 0.3) is 0 Å². The van der Waals surface area contributed by atoms with Gasteiger partial charge in [0, 0.05) is 17.6 Å². The van der Waals surface area contributed by atoms with Crippen molar-refractivity contribution in [2.75, 3.05) is 9.91 Å². The van der Waals surface area contributed by atoms with Gasteiger partial charge >= 0.3 is 0 Å². The minimum atomic E-state index is -0.270. The van der Waals surface area contributed by atoms with Crippen molar-refractivity contribution in [3.8, 4) is 0 Å². The lowest BCUT2D eigenvalue weighted by Crippen LogP contribution is -2.37. The number of benzene rings is 3. The largest absolute Gasteiger partial charge is 0.295 e. The minimum Gasteiger partial charge on any atom is -0.295 e. The maximum absolute atomic E-state index is 12.4. The van der Waals surface area contributed by atoms with E-state index >= 15 is 0 Å². The van der Waals surface area contributed by atoms with Crippen LogP contribution in [0.4, 0.5) is 11.4 Å². The number of hydrazone groups is 1. The van der Waals surface area contributed by atoms with E-state index in [2.05, 4.69) is 5.10 Å². The highest BCUT2D eigenvalue weighted by atomic mass is 35.5. The molecule has 4 rings (SSSR count). The van der Waals surface area contributed by atoms with Crippen molar-refractivity contribution in [1.82, 2.24) is 0 Å². The lowest BCUT2D eigenvalue weighted by Gasteiger charge is -2.32. The normalized spacial score (nSPS) is 16.4. The van der Waals surface area contributed by atoms with Crippen LogP contribution in [0, 0.1) is 0 Å². The number of ketones is 1. The lowest BCUT2D eigenvalue weighted by atomic mass is 10.1. The van der Waals surface area contributed by atoms with Crippen molar-refractivity contribution in [2.24, 2.45) is 5.10 Å². The zero-order valence-electron chi connectivity index (χ0n) is 14.8. The molecular formula is C22H18ClN3O. The van der Waals surface area contributed by atoms with E-state index in [1.807, 2.05) is 94.8 Å². The second-order valence-corrected chi connectivity index (χ2v) is 6.73. The molecule has 1 aliphatic heterocycles. The number of nitrogens with zero attached hydrogens (tertiary/aromatic N) is 3. The van der Waals surface area contributed by atoms with Crippen LogP contribution in [-0.4, -0.2) is 11.6 Å². The van der Waals surface area contributed by atoms with Crippen molar-refractivity contribution in [1.29, 1.82) is 0 Å². The molecule has 27 heavy (non-hydrogen) atoms. The Hall–Kier alpha value is -3.11. The molecule has 5 heteroatoms. The van der Waals surface area contributed by atoms with E-state index in [1.54, 1.807) is 0 Å². The standard InChI is InChI=1S/C22H18ClN3O/c1-16(27)21-24-26(20-10-6-3-7-11-20)22(17-8-4-2-5-9-17)25(21)19-14-12-18(23)13-15-19/h2-15,22H,1H3/t22-/m0/s1. The molecule has 0 saturated heterocycles. The predicted octanol–water partition coefficient (Wildman–Crippen LogP) is 5.27. The number of halogens is 1. The molecule has 3 aromatic carbocycles. The predicted molar refractivity (Wildman–Crippen MR) is 110 cm³/mol. The Morgan fingerprint density at radius 1 is 0.852 bits per heavy atom. The third kappa shape index (κ3) is 3.32. The van der Waals surface area contributed by atoms with Crippen LogP contribution in [0.1, 0.15) is 18.7 Å². The van der Waals surface area contributed by atoms with Gasteiger partial charge in [0.2, 0.25) is 0 Å². The molecule has 0 bridgehead atoms. The summed E-state index contributed by atoms with van der Waals surface area (Å²) in [5.74, 6) is 0.305. The molecule has 0 N–H and O–H groups in total. The molecule has 0 unspecified atom stereocenters. The molecule has 3 aromatic rings. The molecule has 134 valence electrons. The van der Waals surface area contributed by atoms with Gasteiger partial charge in [-0.1, -0.05) is 60.1 Å². The molecule has 0 aromatic heterocycles. The van der Waals surface area contributed by atoms with Gasteiger partial charge in [-0.3, -0.25) is 9.69 Å². The summed E-state index contributed by atoms with van der Waals surface area (Å²) in [6, 6.07) is 27.4. The molecule has 1 heterocycles. The number of rotatable bonds is 4. The van der Waals surface area contributed by atoms with Gasteiger partial charge in [-0.15, -0.1) is 5.10 Å². The molecule has 0 fully saturated rings. The fourth-order valence-corrected chi connectivity index (χ4v) is 3.36. The highest BCUT2D eigenvalue weighted by molar-refractivity contribution is 6.44. The molecule has 0 radical (unpaired) electrons. The van der Waals surface area contributed by atoms with Crippen LogP contribution in [0.25, 0.3) is 0 Å². The van der Waals surface area contributed by atoms with E-state index in [0.29, 0.717) is 10.9 Å². The SMILES string of the molecule is CC(=O)C1=NN(c2ccccc2)[C@@H](c2ccccc2)N1c1ccc(Cl)cc1. The fourth-order valence-electron chi connectivity index (χ4n) is 3.23. The number of para-hydroxylation sites is 1. The summed E-state index contributed by atoms with van der Waals surface area (Å²) in [5.41, 5.74) is 2.82. The summed E-state index contributed by atoms with van der Waals surface area (Å²) < 4.78 is 0. The van der Waals surface area contributed by atoms with Crippen molar-refractivity contribution in [3.05, 3.63) is 95.5 Å². The minimum absolute atomic E-state index is 0.0932. The van der Waals surface area contributed by atoms with Gasteiger partial charge in [0.15, 0.2) is 17.8 Å². The van der Waals surface area contributed by atoms with Gasteiger partial charge < -0.3 is 0 Å². The van der Waals surface area contributed by atoms with E-state index in [0.717, 1.165) is 16.9 Å². The maximum atomic E-state index is 12.4. The number of Topliss-reactive ketones (excluding diaryl/α,β-unsaturated/α-hetero) is 1. The third-order valence-corrected chi connectivity index (χ3v) is 4.70. The summed E-state index contributed by atoms with van der Waals surface area (Å²) >= 11 is 6.07. The number of carbonyl (C=O) groups excluding carboxylic acids is 1. The Morgan fingerprint density at radius 3 is 2.04 bits per heavy atom. The Morgan fingerprint density at radius 2 is 1.44 bits per heavy atom. The molecule has 0 amide bonds. The van der Waals surface area contributed by atoms with Gasteiger partial charge in [-0.25, -0.2) is 5.01 Å². The van der Waals surface area contributed by atoms with Gasteiger partial charge in [0.1, 0.15) is 0 Å². The van der Waals surface area contributed by atoms with Crippen LogP contribution in [0.3, 0.4) is 0 Å². The number of anilines is 2. The molecule has 0 aliphatic carbocycles. The van der Waals surface area contributed by atoms with Gasteiger partial charge in [-0.2, -0.15) is 0 Å². The Balaban J connectivity index is 1.89. The fraction of sp³-hybridized carbons (Fsp3) is 0.0909. The molecular weight excluding hydrogens is 358 g/mol. The average molecular weight is 376 g/mol. The lowest BCUT2D eigenvalue weighted by molar-refractivity contribution is -0.111. The summed E-state index contributed by atoms with van der Waals surface area (Å²) in [5, 5.41) is 7.23. The number of hydrogen-bond acceptors (Lipinski definition) is 4. The summed E-state index contributed by atoms with van der Waals surface area (Å²) in [6.07, 6.45) is -0.270. The Kier molecular flexibility index (Phi) is 4.65. The molecule has 4 nitrogen and oxygen atoms in total. The maximum Gasteiger partial charge on any atom is 0.198 e. The average Bonchev–Trinajstić information content (AvgIpc) is 3.11. The molecule has 1 aliphatic rings. The zero-order valence-corrected chi connectivity index (χ0v) is 15.5. The first-order valence-electron chi connectivity index (χ1n) is 8.69. The third-order valence-electron chi connectivity index (χ3n) is 4.45. The summed E-state index contributed by atoms with van der Waals surface area (Å²) in [7, 11) is 0. The Bertz CT molecular complexity index is 971. The van der Waals surface area contributed by atoms with E-state index in [1.165, 1.54) is 6.92 Å². The van der Waals surface area contributed by atoms with E-state index < -0.39 is 0 Å². The van der Waals surface area contributed by atoms with Crippen LogP contribution in [-0.2, 0) is 4.79 Å². The number of amidine groups is 1. The smallest absolute Gasteiger partial charge is 0.198 e. The number of carbonyl (C=O) groups is 1. The first-order valence-corrected chi connectivity index (χ1v) is 9.06. The van der Waals surface area contributed by atoms with Gasteiger partial charge in [0.05, 0.1) is 5.69 Å². The number of hydrogen-bond donors (Lipinski definition) is 0. The topological polar surface area (TPSA) is 35.9 Å². The quantitative estimate of drug-likeness (QED) is 0.623. The molecule has 0 spiro atoms. The second-order valence-electron chi connectivity index (χ2n) is 6.29. The van der Waals surface area contributed by atoms with Crippen LogP contribution in [0.5, 0.6) is 0 Å². The van der Waals surface area contributed by atoms with Crippen LogP contribution in [0.15, 0.2) is 90.0 Å². The van der Waals surface area contributed by atoms with E-state index in [4.69, 9.17) is 11.6 Å². The van der Waals surface area contributed by atoms with E-state index in [9.17, 15) is 4.79 Å². The molecule has 1 atom stereocenters. The van der Waals surface area contributed by atoms with Gasteiger partial charge in [-0.05, 0) is 42.0 Å². The molecule has 0 saturated carbocycles. The monoisotopic (exact) mass is 375 g/mol. The summed E-state index contributed by atoms with van der Waals surface area (Å²) in [6.45, 7) is 1.54. The highest BCUT2D eigenvalue weighted by Crippen LogP contribution is 2.39.